The number of amides is 1. The van der Waals surface area contributed by atoms with Gasteiger partial charge in [-0.2, -0.15) is 0 Å². The van der Waals surface area contributed by atoms with Crippen LogP contribution in [0, 0.1) is 0 Å². The Balaban J connectivity index is 1.95. The summed E-state index contributed by atoms with van der Waals surface area (Å²) in [5.41, 5.74) is 1.14. The topological polar surface area (TPSA) is 49.3 Å². The molecule has 2 aromatic carbocycles. The molecule has 0 aliphatic heterocycles. The quantitative estimate of drug-likeness (QED) is 0.813. The van der Waals surface area contributed by atoms with Gasteiger partial charge in [-0.1, -0.05) is 45.2 Å². The summed E-state index contributed by atoms with van der Waals surface area (Å²) in [5.74, 6) is -0.392. The van der Waals surface area contributed by atoms with Crippen molar-refractivity contribution in [3.8, 4) is 5.75 Å². The maximum Gasteiger partial charge on any atom is 0.255 e. The molecule has 0 aliphatic rings. The van der Waals surface area contributed by atoms with Crippen LogP contribution in [0.3, 0.4) is 0 Å². The van der Waals surface area contributed by atoms with Gasteiger partial charge in [0.05, 0.1) is 5.56 Å². The Labute approximate surface area is 141 Å². The predicted octanol–water partition coefficient (Wildman–Crippen LogP) is 4.43. The zero-order chi connectivity index (χ0) is 15.4. The number of nitrogens with one attached hydrogen (secondary N) is 1. The van der Waals surface area contributed by atoms with Crippen LogP contribution in [0.2, 0.25) is 10.0 Å². The van der Waals surface area contributed by atoms with E-state index in [-0.39, 0.29) is 17.2 Å². The number of aromatic hydroxyl groups is 1. The van der Waals surface area contributed by atoms with Crippen molar-refractivity contribution in [2.45, 2.75) is 6.42 Å². The Morgan fingerprint density at radius 2 is 1.95 bits per heavy atom. The Bertz CT molecular complexity index is 677. The minimum atomic E-state index is -0.329. The Morgan fingerprint density at radius 3 is 2.62 bits per heavy atom. The van der Waals surface area contributed by atoms with Gasteiger partial charge in [-0.15, -0.1) is 0 Å². The molecule has 6 heteroatoms. The molecule has 0 unspecified atom stereocenters. The van der Waals surface area contributed by atoms with E-state index in [0.717, 1.165) is 5.56 Å². The summed E-state index contributed by atoms with van der Waals surface area (Å²) in [4.78, 5) is 12.0. The lowest BCUT2D eigenvalue weighted by Gasteiger charge is -2.08. The van der Waals surface area contributed by atoms with Crippen molar-refractivity contribution in [3.05, 3.63) is 62.0 Å². The number of rotatable bonds is 4. The molecule has 0 fully saturated rings. The molecule has 0 heterocycles. The molecule has 0 spiro atoms. The van der Waals surface area contributed by atoms with Crippen molar-refractivity contribution < 1.29 is 9.90 Å². The third kappa shape index (κ3) is 4.37. The Hall–Kier alpha value is -1.23. The lowest BCUT2D eigenvalue weighted by atomic mass is 10.1. The second kappa shape index (κ2) is 7.16. The van der Waals surface area contributed by atoms with Crippen LogP contribution < -0.4 is 5.32 Å². The van der Waals surface area contributed by atoms with Crippen LogP contribution in [0.5, 0.6) is 5.75 Å². The van der Waals surface area contributed by atoms with Gasteiger partial charge in [-0.3, -0.25) is 4.79 Å². The molecular formula is C15H12BrCl2NO2. The van der Waals surface area contributed by atoms with Crippen molar-refractivity contribution in [3.63, 3.8) is 0 Å². The van der Waals surface area contributed by atoms with Gasteiger partial charge in [0.2, 0.25) is 0 Å². The second-order valence-corrected chi connectivity index (χ2v) is 6.16. The first-order valence-corrected chi connectivity index (χ1v) is 7.73. The number of benzene rings is 2. The lowest BCUT2D eigenvalue weighted by molar-refractivity contribution is 0.0951. The van der Waals surface area contributed by atoms with E-state index in [1.807, 2.05) is 6.07 Å². The van der Waals surface area contributed by atoms with Crippen LogP contribution in [0.25, 0.3) is 0 Å². The van der Waals surface area contributed by atoms with Crippen molar-refractivity contribution in [1.29, 1.82) is 0 Å². The molecule has 0 bridgehead atoms. The first-order valence-electron chi connectivity index (χ1n) is 6.18. The van der Waals surface area contributed by atoms with Crippen LogP contribution in [0.1, 0.15) is 15.9 Å². The summed E-state index contributed by atoms with van der Waals surface area (Å²) in [6, 6.07) is 9.99. The summed E-state index contributed by atoms with van der Waals surface area (Å²) in [6.45, 7) is 0.412. The molecule has 0 saturated heterocycles. The highest BCUT2D eigenvalue weighted by Crippen LogP contribution is 2.23. The standard InChI is InChI=1S/C15H12BrCl2NO2/c16-10-2-4-12(14(20)7-10)15(21)19-6-5-9-1-3-11(17)8-13(9)18/h1-4,7-8,20H,5-6H2,(H,19,21). The molecule has 0 radical (unpaired) electrons. The fourth-order valence-electron chi connectivity index (χ4n) is 1.83. The molecule has 0 aromatic heterocycles. The molecule has 0 atom stereocenters. The second-order valence-electron chi connectivity index (χ2n) is 4.40. The molecule has 2 N–H and O–H groups in total. The highest BCUT2D eigenvalue weighted by atomic mass is 79.9. The van der Waals surface area contributed by atoms with Crippen LogP contribution in [-0.4, -0.2) is 17.6 Å². The molecule has 2 aromatic rings. The molecule has 2 rings (SSSR count). The van der Waals surface area contributed by atoms with E-state index in [1.165, 1.54) is 6.07 Å². The van der Waals surface area contributed by atoms with Crippen molar-refractivity contribution in [2.75, 3.05) is 6.54 Å². The van der Waals surface area contributed by atoms with Gasteiger partial charge in [0, 0.05) is 21.1 Å². The summed E-state index contributed by atoms with van der Waals surface area (Å²) in [5, 5.41) is 13.6. The summed E-state index contributed by atoms with van der Waals surface area (Å²) in [6.07, 6.45) is 0.582. The third-order valence-corrected chi connectivity index (χ3v) is 3.98. The molecular weight excluding hydrogens is 377 g/mol. The SMILES string of the molecule is O=C(NCCc1ccc(Cl)cc1Cl)c1ccc(Br)cc1O. The van der Waals surface area contributed by atoms with E-state index in [4.69, 9.17) is 23.2 Å². The van der Waals surface area contributed by atoms with E-state index in [1.54, 1.807) is 24.3 Å². The average Bonchev–Trinajstić information content (AvgIpc) is 2.41. The van der Waals surface area contributed by atoms with E-state index < -0.39 is 0 Å². The van der Waals surface area contributed by atoms with Gasteiger partial charge in [0.15, 0.2) is 0 Å². The zero-order valence-electron chi connectivity index (χ0n) is 10.9. The Kier molecular flexibility index (Phi) is 5.51. The monoisotopic (exact) mass is 387 g/mol. The number of phenols is 1. The number of carbonyl (C=O) groups excluding carboxylic acids is 1. The third-order valence-electron chi connectivity index (χ3n) is 2.90. The molecule has 21 heavy (non-hydrogen) atoms. The molecule has 0 aliphatic carbocycles. The van der Waals surface area contributed by atoms with Gasteiger partial charge in [-0.25, -0.2) is 0 Å². The normalized spacial score (nSPS) is 10.4. The minimum Gasteiger partial charge on any atom is -0.507 e. The van der Waals surface area contributed by atoms with Crippen LogP contribution in [0.4, 0.5) is 0 Å². The summed E-state index contributed by atoms with van der Waals surface area (Å²) in [7, 11) is 0. The van der Waals surface area contributed by atoms with Gasteiger partial charge in [0.1, 0.15) is 5.75 Å². The highest BCUT2D eigenvalue weighted by Gasteiger charge is 2.11. The first-order chi connectivity index (χ1) is 9.97. The lowest BCUT2D eigenvalue weighted by Crippen LogP contribution is -2.25. The van der Waals surface area contributed by atoms with Crippen molar-refractivity contribution in [1.82, 2.24) is 5.32 Å². The number of carbonyl (C=O) groups is 1. The van der Waals surface area contributed by atoms with E-state index in [0.29, 0.717) is 27.5 Å². The number of hydrogen-bond donors (Lipinski definition) is 2. The summed E-state index contributed by atoms with van der Waals surface area (Å²) >= 11 is 15.1. The fourth-order valence-corrected chi connectivity index (χ4v) is 2.68. The van der Waals surface area contributed by atoms with Crippen LogP contribution in [0.15, 0.2) is 40.9 Å². The van der Waals surface area contributed by atoms with Gasteiger partial charge >= 0.3 is 0 Å². The molecule has 1 amide bonds. The maximum atomic E-state index is 12.0. The van der Waals surface area contributed by atoms with Gasteiger partial charge in [0.25, 0.3) is 5.91 Å². The molecule has 3 nitrogen and oxygen atoms in total. The van der Waals surface area contributed by atoms with Crippen molar-refractivity contribution >= 4 is 45.0 Å². The van der Waals surface area contributed by atoms with E-state index >= 15 is 0 Å². The average molecular weight is 389 g/mol. The Morgan fingerprint density at radius 1 is 1.19 bits per heavy atom. The first kappa shape index (κ1) is 16.1. The number of halogens is 3. The van der Waals surface area contributed by atoms with Crippen LogP contribution in [-0.2, 0) is 6.42 Å². The van der Waals surface area contributed by atoms with Crippen molar-refractivity contribution in [2.24, 2.45) is 0 Å². The fraction of sp³-hybridized carbons (Fsp3) is 0.133. The van der Waals surface area contributed by atoms with Gasteiger partial charge in [-0.05, 0) is 42.3 Å². The highest BCUT2D eigenvalue weighted by molar-refractivity contribution is 9.10. The predicted molar refractivity (Wildman–Crippen MR) is 88.3 cm³/mol. The number of hydrogen-bond acceptors (Lipinski definition) is 2. The summed E-state index contributed by atoms with van der Waals surface area (Å²) < 4.78 is 0.712. The maximum absolute atomic E-state index is 12.0. The molecule has 110 valence electrons. The van der Waals surface area contributed by atoms with E-state index in [2.05, 4.69) is 21.2 Å². The van der Waals surface area contributed by atoms with Crippen LogP contribution >= 0.6 is 39.1 Å². The largest absolute Gasteiger partial charge is 0.507 e. The van der Waals surface area contributed by atoms with E-state index in [9.17, 15) is 9.90 Å². The minimum absolute atomic E-state index is 0.0635. The smallest absolute Gasteiger partial charge is 0.255 e. The van der Waals surface area contributed by atoms with Gasteiger partial charge < -0.3 is 10.4 Å². The number of phenolic OH excluding ortho intramolecular Hbond substituents is 1. The molecule has 0 saturated carbocycles. The zero-order valence-corrected chi connectivity index (χ0v) is 14.0.